The first-order valence-corrected chi connectivity index (χ1v) is 4.72. The van der Waals surface area contributed by atoms with Crippen LogP contribution in [0.2, 0.25) is 0 Å². The zero-order valence-corrected chi connectivity index (χ0v) is 8.69. The van der Waals surface area contributed by atoms with E-state index in [0.29, 0.717) is 0 Å². The lowest BCUT2D eigenvalue weighted by Crippen LogP contribution is -2.23. The predicted octanol–water partition coefficient (Wildman–Crippen LogP) is 1.72. The summed E-state index contributed by atoms with van der Waals surface area (Å²) in [5.41, 5.74) is -1.10. The Hall–Kier alpha value is -2.31. The predicted molar refractivity (Wildman–Crippen MR) is 51.3 cm³/mol. The third kappa shape index (κ3) is 2.20. The van der Waals surface area contributed by atoms with E-state index in [0.717, 1.165) is 30.7 Å². The van der Waals surface area contributed by atoms with E-state index in [1.807, 2.05) is 0 Å². The molecule has 0 aliphatic carbocycles. The van der Waals surface area contributed by atoms with Crippen LogP contribution < -0.4 is 5.11 Å². The molecule has 1 aromatic heterocycles. The van der Waals surface area contributed by atoms with E-state index in [-0.39, 0.29) is 11.3 Å². The Balaban J connectivity index is 2.41. The monoisotopic (exact) mass is 256 g/mol. The number of rotatable bonds is 2. The Morgan fingerprint density at radius 1 is 1.22 bits per heavy atom. The van der Waals surface area contributed by atoms with E-state index in [1.165, 1.54) is 0 Å². The van der Waals surface area contributed by atoms with Gasteiger partial charge in [-0.3, -0.25) is 0 Å². The minimum atomic E-state index is -4.45. The number of oxazole rings is 1. The molecule has 1 aromatic carbocycles. The van der Waals surface area contributed by atoms with E-state index in [9.17, 15) is 23.1 Å². The van der Waals surface area contributed by atoms with Gasteiger partial charge in [0.2, 0.25) is 0 Å². The molecule has 18 heavy (non-hydrogen) atoms. The Morgan fingerprint density at radius 2 is 1.83 bits per heavy atom. The number of carbonyl (C=O) groups excluding carboxylic acids is 1. The first-order valence-electron chi connectivity index (χ1n) is 4.72. The zero-order chi connectivity index (χ0) is 13.3. The lowest BCUT2D eigenvalue weighted by Gasteiger charge is -2.07. The molecule has 2 aromatic rings. The fraction of sp³-hybridized carbons (Fsp3) is 0.0909. The molecule has 0 radical (unpaired) electrons. The van der Waals surface area contributed by atoms with Crippen molar-refractivity contribution < 1.29 is 27.5 Å². The van der Waals surface area contributed by atoms with Crippen molar-refractivity contribution in [3.63, 3.8) is 0 Å². The van der Waals surface area contributed by atoms with Gasteiger partial charge in [0.05, 0.1) is 11.5 Å². The molecule has 0 aliphatic rings. The van der Waals surface area contributed by atoms with Crippen LogP contribution in [-0.4, -0.2) is 11.0 Å². The molecule has 0 atom stereocenters. The van der Waals surface area contributed by atoms with Crippen LogP contribution in [0.1, 0.15) is 16.1 Å². The molecule has 0 fully saturated rings. The van der Waals surface area contributed by atoms with Gasteiger partial charge in [0.1, 0.15) is 5.69 Å². The van der Waals surface area contributed by atoms with E-state index in [4.69, 9.17) is 4.42 Å². The molecule has 0 saturated carbocycles. The number of alkyl halides is 3. The number of carboxylic acids is 1. The first kappa shape index (κ1) is 12.2. The van der Waals surface area contributed by atoms with Gasteiger partial charge in [-0.25, -0.2) is 4.98 Å². The molecule has 0 N–H and O–H groups in total. The highest BCUT2D eigenvalue weighted by Gasteiger charge is 2.30. The summed E-state index contributed by atoms with van der Waals surface area (Å²) in [6.07, 6.45) is -3.56. The first-order chi connectivity index (χ1) is 8.39. The van der Waals surface area contributed by atoms with Crippen LogP contribution in [0.15, 0.2) is 35.1 Å². The van der Waals surface area contributed by atoms with Crippen LogP contribution in [0.4, 0.5) is 13.2 Å². The quantitative estimate of drug-likeness (QED) is 0.820. The highest BCUT2D eigenvalue weighted by atomic mass is 19.4. The summed E-state index contributed by atoms with van der Waals surface area (Å²) < 4.78 is 41.8. The average molecular weight is 256 g/mol. The van der Waals surface area contributed by atoms with Crippen molar-refractivity contribution in [1.29, 1.82) is 0 Å². The second-order valence-electron chi connectivity index (χ2n) is 3.39. The van der Waals surface area contributed by atoms with Crippen molar-refractivity contribution in [1.82, 2.24) is 4.98 Å². The van der Waals surface area contributed by atoms with Crippen LogP contribution >= 0.6 is 0 Å². The average Bonchev–Trinajstić information content (AvgIpc) is 2.77. The van der Waals surface area contributed by atoms with E-state index >= 15 is 0 Å². The van der Waals surface area contributed by atoms with Gasteiger partial charge >= 0.3 is 6.18 Å². The maximum absolute atomic E-state index is 12.3. The Kier molecular flexibility index (Phi) is 2.82. The summed E-state index contributed by atoms with van der Waals surface area (Å²) in [5, 5.41) is 10.7. The van der Waals surface area contributed by atoms with Gasteiger partial charge in [0.15, 0.2) is 12.2 Å². The summed E-state index contributed by atoms with van der Waals surface area (Å²) in [6.45, 7) is 0. The lowest BCUT2D eigenvalue weighted by molar-refractivity contribution is -0.255. The highest BCUT2D eigenvalue weighted by molar-refractivity contribution is 5.90. The minimum absolute atomic E-state index is 0.135. The number of benzene rings is 1. The van der Waals surface area contributed by atoms with Crippen molar-refractivity contribution in [3.05, 3.63) is 41.9 Å². The number of aromatic carboxylic acids is 1. The third-order valence-corrected chi connectivity index (χ3v) is 2.24. The van der Waals surface area contributed by atoms with E-state index in [2.05, 4.69) is 4.98 Å². The third-order valence-electron chi connectivity index (χ3n) is 2.24. The molecule has 4 nitrogen and oxygen atoms in total. The molecule has 0 amide bonds. The fourth-order valence-electron chi connectivity index (χ4n) is 1.41. The van der Waals surface area contributed by atoms with Crippen molar-refractivity contribution in [2.75, 3.05) is 0 Å². The molecule has 0 aliphatic heterocycles. The molecule has 1 heterocycles. The molecule has 0 bridgehead atoms. The van der Waals surface area contributed by atoms with Crippen LogP contribution in [0.3, 0.4) is 0 Å². The zero-order valence-electron chi connectivity index (χ0n) is 8.69. The van der Waals surface area contributed by atoms with Crippen LogP contribution in [-0.2, 0) is 6.18 Å². The Bertz CT molecular complexity index is 572. The van der Waals surface area contributed by atoms with Gasteiger partial charge in [-0.05, 0) is 12.1 Å². The molecule has 0 saturated heterocycles. The summed E-state index contributed by atoms with van der Waals surface area (Å²) in [6, 6.07) is 3.87. The van der Waals surface area contributed by atoms with Crippen molar-refractivity contribution >= 4 is 5.97 Å². The van der Waals surface area contributed by atoms with Crippen LogP contribution in [0, 0.1) is 0 Å². The van der Waals surface area contributed by atoms with Gasteiger partial charge in [-0.15, -0.1) is 0 Å². The summed E-state index contributed by atoms with van der Waals surface area (Å²) >= 11 is 0. The highest BCUT2D eigenvalue weighted by Crippen LogP contribution is 2.31. The number of carbonyl (C=O) groups is 1. The number of hydrogen-bond acceptors (Lipinski definition) is 4. The fourth-order valence-corrected chi connectivity index (χ4v) is 1.41. The summed E-state index contributed by atoms with van der Waals surface area (Å²) in [4.78, 5) is 14.1. The van der Waals surface area contributed by atoms with Crippen LogP contribution in [0.5, 0.6) is 0 Å². The molecule has 7 heteroatoms. The van der Waals surface area contributed by atoms with E-state index in [1.54, 1.807) is 0 Å². The maximum atomic E-state index is 12.3. The largest absolute Gasteiger partial charge is 0.543 e. The molecular weight excluding hydrogens is 251 g/mol. The summed E-state index contributed by atoms with van der Waals surface area (Å²) in [5.74, 6) is -1.69. The number of aromatic nitrogens is 1. The molecule has 2 rings (SSSR count). The lowest BCUT2D eigenvalue weighted by atomic mass is 10.1. The summed E-state index contributed by atoms with van der Waals surface area (Å²) in [7, 11) is 0. The van der Waals surface area contributed by atoms with Gasteiger partial charge < -0.3 is 14.3 Å². The topological polar surface area (TPSA) is 66.2 Å². The SMILES string of the molecule is O=C([O-])c1ncoc1-c1ccc(C(F)(F)F)cc1. The maximum Gasteiger partial charge on any atom is 0.416 e. The number of nitrogens with zero attached hydrogens (tertiary/aromatic N) is 1. The molecule has 0 spiro atoms. The minimum Gasteiger partial charge on any atom is -0.543 e. The Labute approximate surface area is 98.7 Å². The number of halogens is 3. The number of hydrogen-bond donors (Lipinski definition) is 0. The standard InChI is InChI=1S/C11H6F3NO3/c12-11(13,14)7-3-1-6(2-4-7)9-8(10(16)17)15-5-18-9/h1-5H,(H,16,17)/p-1. The molecule has 0 unspecified atom stereocenters. The van der Waals surface area contributed by atoms with Gasteiger partial charge in [0.25, 0.3) is 0 Å². The van der Waals surface area contributed by atoms with Crippen molar-refractivity contribution in [2.45, 2.75) is 6.18 Å². The second-order valence-corrected chi connectivity index (χ2v) is 3.39. The van der Waals surface area contributed by atoms with Gasteiger partial charge in [0, 0.05) is 5.56 Å². The van der Waals surface area contributed by atoms with Crippen molar-refractivity contribution in [3.8, 4) is 11.3 Å². The Morgan fingerprint density at radius 3 is 2.33 bits per heavy atom. The van der Waals surface area contributed by atoms with Gasteiger partial charge in [-0.1, -0.05) is 12.1 Å². The van der Waals surface area contributed by atoms with E-state index < -0.39 is 23.4 Å². The normalized spacial score (nSPS) is 11.5. The molecule has 94 valence electrons. The number of carboxylic acid groups (broad SMARTS) is 1. The van der Waals surface area contributed by atoms with Crippen molar-refractivity contribution in [2.24, 2.45) is 0 Å². The molecular formula is C11H5F3NO3-. The second kappa shape index (κ2) is 4.17. The smallest absolute Gasteiger partial charge is 0.416 e. The van der Waals surface area contributed by atoms with Crippen LogP contribution in [0.25, 0.3) is 11.3 Å². The van der Waals surface area contributed by atoms with Gasteiger partial charge in [-0.2, -0.15) is 13.2 Å².